The summed E-state index contributed by atoms with van der Waals surface area (Å²) < 4.78 is 11.0. The van der Waals surface area contributed by atoms with Gasteiger partial charge in [-0.2, -0.15) is 0 Å². The summed E-state index contributed by atoms with van der Waals surface area (Å²) in [6.07, 6.45) is 0. The maximum absolute atomic E-state index is 12.7. The van der Waals surface area contributed by atoms with Gasteiger partial charge in [0.05, 0.1) is 0 Å². The zero-order valence-electron chi connectivity index (χ0n) is 15.4. The number of amides is 2. The van der Waals surface area contributed by atoms with Crippen LogP contribution in [0.3, 0.4) is 0 Å². The van der Waals surface area contributed by atoms with E-state index in [1.54, 1.807) is 57.2 Å². The molecule has 1 aliphatic heterocycles. The fraction of sp³-hybridized carbons (Fsp3) is 0.300. The topological polar surface area (TPSA) is 76.7 Å². The predicted molar refractivity (Wildman–Crippen MR) is 105 cm³/mol. The smallest absolute Gasteiger partial charge is 0.239 e. The standard InChI is InChI=1S/C20H21ClN2O4/c1-12-14(21)5-4-6-15(12)23-19(25)20(2,3)18(24)22-13-7-8-16-17(11-13)27-10-9-26-16/h4-8,11H,9-10H2,1-3H3,(H,22,24)(H,23,25). The number of benzene rings is 2. The maximum Gasteiger partial charge on any atom is 0.239 e. The van der Waals surface area contributed by atoms with E-state index in [0.717, 1.165) is 5.56 Å². The molecule has 0 saturated carbocycles. The van der Waals surface area contributed by atoms with Crippen molar-refractivity contribution in [3.8, 4) is 11.5 Å². The number of fused-ring (bicyclic) bond motifs is 1. The van der Waals surface area contributed by atoms with Crippen molar-refractivity contribution in [1.29, 1.82) is 0 Å². The van der Waals surface area contributed by atoms with Gasteiger partial charge < -0.3 is 20.1 Å². The number of nitrogens with one attached hydrogen (secondary N) is 2. The first kappa shape index (κ1) is 19.0. The fourth-order valence-electron chi connectivity index (χ4n) is 2.53. The van der Waals surface area contributed by atoms with Gasteiger partial charge in [-0.3, -0.25) is 9.59 Å². The van der Waals surface area contributed by atoms with Gasteiger partial charge in [0, 0.05) is 22.5 Å². The molecule has 0 spiro atoms. The number of anilines is 2. The molecule has 7 heteroatoms. The molecule has 1 heterocycles. The number of ether oxygens (including phenoxy) is 2. The van der Waals surface area contributed by atoms with E-state index in [1.807, 2.05) is 0 Å². The molecule has 142 valence electrons. The van der Waals surface area contributed by atoms with E-state index in [0.29, 0.717) is 41.1 Å². The van der Waals surface area contributed by atoms with Gasteiger partial charge in [-0.05, 0) is 50.6 Å². The first-order valence-electron chi connectivity index (χ1n) is 8.56. The first-order valence-corrected chi connectivity index (χ1v) is 8.94. The van der Waals surface area contributed by atoms with Crippen molar-refractivity contribution in [3.05, 3.63) is 47.0 Å². The Morgan fingerprint density at radius 1 is 1.00 bits per heavy atom. The lowest BCUT2D eigenvalue weighted by Gasteiger charge is -2.24. The van der Waals surface area contributed by atoms with Gasteiger partial charge in [0.2, 0.25) is 11.8 Å². The molecule has 3 rings (SSSR count). The highest BCUT2D eigenvalue weighted by Gasteiger charge is 2.36. The van der Waals surface area contributed by atoms with Gasteiger partial charge in [0.1, 0.15) is 18.6 Å². The number of hydrogen-bond acceptors (Lipinski definition) is 4. The quantitative estimate of drug-likeness (QED) is 0.775. The largest absolute Gasteiger partial charge is 0.486 e. The summed E-state index contributed by atoms with van der Waals surface area (Å²) in [4.78, 5) is 25.4. The summed E-state index contributed by atoms with van der Waals surface area (Å²) in [7, 11) is 0. The van der Waals surface area contributed by atoms with Crippen LogP contribution in [-0.4, -0.2) is 25.0 Å². The van der Waals surface area contributed by atoms with Crippen LogP contribution in [0.25, 0.3) is 0 Å². The molecule has 0 unspecified atom stereocenters. The number of carbonyl (C=O) groups is 2. The average Bonchev–Trinajstić information content (AvgIpc) is 2.65. The third-order valence-corrected chi connectivity index (χ3v) is 4.86. The molecule has 27 heavy (non-hydrogen) atoms. The average molecular weight is 389 g/mol. The Morgan fingerprint density at radius 2 is 1.67 bits per heavy atom. The first-order chi connectivity index (χ1) is 12.8. The van der Waals surface area contributed by atoms with Crippen LogP contribution in [0.4, 0.5) is 11.4 Å². The summed E-state index contributed by atoms with van der Waals surface area (Å²) in [5.41, 5.74) is 0.550. The molecule has 0 bridgehead atoms. The highest BCUT2D eigenvalue weighted by Crippen LogP contribution is 2.33. The maximum atomic E-state index is 12.7. The number of halogens is 1. The van der Waals surface area contributed by atoms with Gasteiger partial charge in [-0.1, -0.05) is 17.7 Å². The summed E-state index contributed by atoms with van der Waals surface area (Å²) >= 11 is 6.09. The fourth-order valence-corrected chi connectivity index (χ4v) is 2.71. The van der Waals surface area contributed by atoms with Crippen LogP contribution in [0.5, 0.6) is 11.5 Å². The van der Waals surface area contributed by atoms with Gasteiger partial charge in [0.25, 0.3) is 0 Å². The molecule has 0 fully saturated rings. The van der Waals surface area contributed by atoms with Crippen LogP contribution < -0.4 is 20.1 Å². The van der Waals surface area contributed by atoms with Crippen LogP contribution in [-0.2, 0) is 9.59 Å². The SMILES string of the molecule is Cc1c(Cl)cccc1NC(=O)C(C)(C)C(=O)Nc1ccc2c(c1)OCCO2. The molecule has 2 amide bonds. The Labute approximate surface area is 162 Å². The van der Waals surface area contributed by atoms with Crippen molar-refractivity contribution in [1.82, 2.24) is 0 Å². The van der Waals surface area contributed by atoms with Crippen molar-refractivity contribution in [2.24, 2.45) is 5.41 Å². The zero-order valence-corrected chi connectivity index (χ0v) is 16.1. The summed E-state index contributed by atoms with van der Waals surface area (Å²) in [6, 6.07) is 10.3. The molecule has 2 aromatic rings. The second-order valence-corrected chi connectivity index (χ2v) is 7.21. The van der Waals surface area contributed by atoms with E-state index in [4.69, 9.17) is 21.1 Å². The Bertz CT molecular complexity index is 896. The minimum absolute atomic E-state index is 0.428. The molecular weight excluding hydrogens is 368 g/mol. The zero-order chi connectivity index (χ0) is 19.6. The minimum Gasteiger partial charge on any atom is -0.486 e. The minimum atomic E-state index is -1.30. The van der Waals surface area contributed by atoms with E-state index < -0.39 is 17.2 Å². The lowest BCUT2D eigenvalue weighted by Crippen LogP contribution is -2.41. The van der Waals surface area contributed by atoms with E-state index in [-0.39, 0.29) is 0 Å². The molecule has 2 N–H and O–H groups in total. The van der Waals surface area contributed by atoms with Crippen LogP contribution in [0.1, 0.15) is 19.4 Å². The Morgan fingerprint density at radius 3 is 2.41 bits per heavy atom. The summed E-state index contributed by atoms with van der Waals surface area (Å²) in [5.74, 6) is 0.336. The second-order valence-electron chi connectivity index (χ2n) is 6.80. The van der Waals surface area contributed by atoms with Crippen LogP contribution in [0, 0.1) is 12.3 Å². The number of carbonyl (C=O) groups excluding carboxylic acids is 2. The Kier molecular flexibility index (Phi) is 5.28. The van der Waals surface area contributed by atoms with Crippen molar-refractivity contribution in [2.45, 2.75) is 20.8 Å². The lowest BCUT2D eigenvalue weighted by atomic mass is 9.90. The molecule has 2 aromatic carbocycles. The molecule has 0 atom stereocenters. The number of hydrogen-bond donors (Lipinski definition) is 2. The van der Waals surface area contributed by atoms with E-state index in [1.165, 1.54) is 0 Å². The normalized spacial score (nSPS) is 13.0. The van der Waals surface area contributed by atoms with Crippen LogP contribution >= 0.6 is 11.6 Å². The van der Waals surface area contributed by atoms with Crippen molar-refractivity contribution < 1.29 is 19.1 Å². The Hall–Kier alpha value is -2.73. The monoisotopic (exact) mass is 388 g/mol. The van der Waals surface area contributed by atoms with Crippen molar-refractivity contribution >= 4 is 34.8 Å². The molecule has 0 saturated heterocycles. The van der Waals surface area contributed by atoms with Crippen molar-refractivity contribution in [2.75, 3.05) is 23.8 Å². The van der Waals surface area contributed by atoms with Gasteiger partial charge >= 0.3 is 0 Å². The lowest BCUT2D eigenvalue weighted by molar-refractivity contribution is -0.135. The number of rotatable bonds is 4. The second kappa shape index (κ2) is 7.48. The predicted octanol–water partition coefficient (Wildman–Crippen LogP) is 4.02. The molecule has 0 radical (unpaired) electrons. The highest BCUT2D eigenvalue weighted by molar-refractivity contribution is 6.31. The van der Waals surface area contributed by atoms with E-state index >= 15 is 0 Å². The van der Waals surface area contributed by atoms with Crippen LogP contribution in [0.2, 0.25) is 5.02 Å². The molecular formula is C20H21ClN2O4. The van der Waals surface area contributed by atoms with E-state index in [9.17, 15) is 9.59 Å². The van der Waals surface area contributed by atoms with Gasteiger partial charge in [0.15, 0.2) is 11.5 Å². The van der Waals surface area contributed by atoms with Gasteiger partial charge in [-0.15, -0.1) is 0 Å². The van der Waals surface area contributed by atoms with Crippen molar-refractivity contribution in [3.63, 3.8) is 0 Å². The Balaban J connectivity index is 1.72. The third-order valence-electron chi connectivity index (χ3n) is 4.45. The molecule has 0 aromatic heterocycles. The van der Waals surface area contributed by atoms with Gasteiger partial charge in [-0.25, -0.2) is 0 Å². The molecule has 1 aliphatic rings. The molecule has 0 aliphatic carbocycles. The highest BCUT2D eigenvalue weighted by atomic mass is 35.5. The summed E-state index contributed by atoms with van der Waals surface area (Å²) in [5, 5.41) is 6.09. The van der Waals surface area contributed by atoms with Crippen LogP contribution in [0.15, 0.2) is 36.4 Å². The summed E-state index contributed by atoms with van der Waals surface area (Å²) in [6.45, 7) is 5.89. The van der Waals surface area contributed by atoms with E-state index in [2.05, 4.69) is 10.6 Å². The third kappa shape index (κ3) is 4.01. The molecule has 6 nitrogen and oxygen atoms in total.